The van der Waals surface area contributed by atoms with Crippen molar-refractivity contribution in [2.24, 2.45) is 0 Å². The summed E-state index contributed by atoms with van der Waals surface area (Å²) >= 11 is 0. The maximum atomic E-state index is 10.8. The lowest BCUT2D eigenvalue weighted by Crippen LogP contribution is -2.09. The summed E-state index contributed by atoms with van der Waals surface area (Å²) in [6.07, 6.45) is 1.62. The van der Waals surface area contributed by atoms with Crippen LogP contribution in [0.1, 0.15) is 29.9 Å². The largest absolute Gasteiger partial charge is 0.481 e. The minimum Gasteiger partial charge on any atom is -0.481 e. The summed E-state index contributed by atoms with van der Waals surface area (Å²) in [6.45, 7) is 0. The lowest BCUT2D eigenvalue weighted by atomic mass is 9.91. The van der Waals surface area contributed by atoms with Crippen molar-refractivity contribution >= 4 is 18.0 Å². The Labute approximate surface area is 98.2 Å². The van der Waals surface area contributed by atoms with Gasteiger partial charge in [-0.25, -0.2) is 0 Å². The number of carboxylic acid groups (broad SMARTS) is 2. The molecular weight excluding hydrogens is 220 g/mol. The van der Waals surface area contributed by atoms with Crippen molar-refractivity contribution in [3.05, 3.63) is 41.0 Å². The Morgan fingerprint density at radius 3 is 2.47 bits per heavy atom. The van der Waals surface area contributed by atoms with E-state index in [1.54, 1.807) is 6.08 Å². The monoisotopic (exact) mass is 232 g/mol. The molecule has 0 amide bonds. The fraction of sp³-hybridized carbons (Fsp3) is 0.231. The zero-order valence-electron chi connectivity index (χ0n) is 9.09. The molecule has 17 heavy (non-hydrogen) atoms. The second-order valence-electron chi connectivity index (χ2n) is 4.07. The van der Waals surface area contributed by atoms with Crippen molar-refractivity contribution in [3.63, 3.8) is 0 Å². The third-order valence-electron chi connectivity index (χ3n) is 2.89. The van der Waals surface area contributed by atoms with Gasteiger partial charge in [-0.05, 0) is 11.1 Å². The van der Waals surface area contributed by atoms with Gasteiger partial charge in [-0.2, -0.15) is 0 Å². The van der Waals surface area contributed by atoms with E-state index >= 15 is 0 Å². The lowest BCUT2D eigenvalue weighted by Gasteiger charge is -2.13. The molecule has 0 radical (unpaired) electrons. The number of hydrogen-bond donors (Lipinski definition) is 2. The molecule has 0 saturated heterocycles. The quantitative estimate of drug-likeness (QED) is 0.833. The molecule has 0 aliphatic heterocycles. The molecule has 0 bridgehead atoms. The summed E-state index contributed by atoms with van der Waals surface area (Å²) in [5.41, 5.74) is 2.50. The maximum Gasteiger partial charge on any atom is 0.307 e. The van der Waals surface area contributed by atoms with Crippen LogP contribution in [0.5, 0.6) is 0 Å². The summed E-state index contributed by atoms with van der Waals surface area (Å²) in [5, 5.41) is 17.7. The first-order chi connectivity index (χ1) is 8.08. The van der Waals surface area contributed by atoms with Crippen LogP contribution in [0.4, 0.5) is 0 Å². The van der Waals surface area contributed by atoms with E-state index in [0.29, 0.717) is 5.57 Å². The van der Waals surface area contributed by atoms with Crippen LogP contribution < -0.4 is 0 Å². The van der Waals surface area contributed by atoms with E-state index in [0.717, 1.165) is 11.1 Å². The Morgan fingerprint density at radius 2 is 1.82 bits per heavy atom. The van der Waals surface area contributed by atoms with Gasteiger partial charge in [0.1, 0.15) is 0 Å². The second kappa shape index (κ2) is 4.41. The van der Waals surface area contributed by atoms with Crippen LogP contribution in [-0.4, -0.2) is 22.2 Å². The lowest BCUT2D eigenvalue weighted by molar-refractivity contribution is -0.138. The van der Waals surface area contributed by atoms with E-state index in [2.05, 4.69) is 0 Å². The van der Waals surface area contributed by atoms with Crippen molar-refractivity contribution in [1.82, 2.24) is 0 Å². The molecule has 1 aliphatic carbocycles. The highest BCUT2D eigenvalue weighted by molar-refractivity contribution is 5.79. The van der Waals surface area contributed by atoms with E-state index in [1.165, 1.54) is 0 Å². The normalized spacial score (nSPS) is 17.4. The van der Waals surface area contributed by atoms with Gasteiger partial charge in [0.2, 0.25) is 0 Å². The third-order valence-corrected chi connectivity index (χ3v) is 2.89. The average molecular weight is 232 g/mol. The summed E-state index contributed by atoms with van der Waals surface area (Å²) in [5.74, 6) is -2.15. The van der Waals surface area contributed by atoms with Crippen LogP contribution >= 0.6 is 0 Å². The molecule has 1 aromatic rings. The van der Waals surface area contributed by atoms with E-state index in [-0.39, 0.29) is 18.8 Å². The molecule has 4 heteroatoms. The summed E-state index contributed by atoms with van der Waals surface area (Å²) in [7, 11) is 0. The van der Waals surface area contributed by atoms with Crippen LogP contribution in [0.2, 0.25) is 0 Å². The molecule has 0 saturated carbocycles. The van der Waals surface area contributed by atoms with E-state index < -0.39 is 11.9 Å². The summed E-state index contributed by atoms with van der Waals surface area (Å²) < 4.78 is 0. The zero-order chi connectivity index (χ0) is 12.4. The number of carboxylic acids is 2. The topological polar surface area (TPSA) is 74.6 Å². The Balaban J connectivity index is 2.34. The van der Waals surface area contributed by atoms with Crippen molar-refractivity contribution in [3.8, 4) is 0 Å². The summed E-state index contributed by atoms with van der Waals surface area (Å²) in [6, 6.07) is 7.43. The average Bonchev–Trinajstić information content (AvgIpc) is 2.55. The molecule has 4 nitrogen and oxygen atoms in total. The number of fused-ring (bicyclic) bond motifs is 1. The maximum absolute atomic E-state index is 10.8. The number of benzene rings is 1. The van der Waals surface area contributed by atoms with E-state index in [1.807, 2.05) is 24.3 Å². The Hall–Kier alpha value is -2.10. The smallest absolute Gasteiger partial charge is 0.307 e. The van der Waals surface area contributed by atoms with E-state index in [9.17, 15) is 9.59 Å². The second-order valence-corrected chi connectivity index (χ2v) is 4.07. The van der Waals surface area contributed by atoms with Crippen molar-refractivity contribution in [1.29, 1.82) is 0 Å². The first-order valence-corrected chi connectivity index (χ1v) is 5.31. The Morgan fingerprint density at radius 1 is 1.12 bits per heavy atom. The van der Waals surface area contributed by atoms with Crippen molar-refractivity contribution in [2.75, 3.05) is 0 Å². The molecule has 1 atom stereocenters. The minimum absolute atomic E-state index is 0.0594. The Kier molecular flexibility index (Phi) is 2.95. The minimum atomic E-state index is -0.931. The molecule has 1 aliphatic rings. The zero-order valence-corrected chi connectivity index (χ0v) is 9.09. The molecule has 88 valence electrons. The third kappa shape index (κ3) is 2.36. The fourth-order valence-electron chi connectivity index (χ4n) is 2.22. The first kappa shape index (κ1) is 11.4. The highest BCUT2D eigenvalue weighted by Crippen LogP contribution is 2.39. The fourth-order valence-corrected chi connectivity index (χ4v) is 2.22. The van der Waals surface area contributed by atoms with Crippen LogP contribution in [0.25, 0.3) is 6.08 Å². The molecule has 1 aromatic carbocycles. The SMILES string of the molecule is O=C(O)CC1=Cc2ccccc2C1CC(=O)O. The Bertz CT molecular complexity index is 502. The van der Waals surface area contributed by atoms with Gasteiger partial charge in [-0.15, -0.1) is 0 Å². The van der Waals surface area contributed by atoms with Crippen LogP contribution in [-0.2, 0) is 9.59 Å². The van der Waals surface area contributed by atoms with Gasteiger partial charge < -0.3 is 10.2 Å². The number of aliphatic carboxylic acids is 2. The molecule has 2 rings (SSSR count). The highest BCUT2D eigenvalue weighted by atomic mass is 16.4. The molecule has 0 aromatic heterocycles. The van der Waals surface area contributed by atoms with Crippen LogP contribution in [0, 0.1) is 0 Å². The molecule has 0 fully saturated rings. The molecule has 1 unspecified atom stereocenters. The van der Waals surface area contributed by atoms with Gasteiger partial charge in [-0.3, -0.25) is 9.59 Å². The van der Waals surface area contributed by atoms with Crippen molar-refractivity contribution in [2.45, 2.75) is 18.8 Å². The highest BCUT2D eigenvalue weighted by Gasteiger charge is 2.27. The predicted octanol–water partition coefficient (Wildman–Crippen LogP) is 2.12. The van der Waals surface area contributed by atoms with Gasteiger partial charge in [0.05, 0.1) is 12.8 Å². The van der Waals surface area contributed by atoms with Crippen molar-refractivity contribution < 1.29 is 19.8 Å². The van der Waals surface area contributed by atoms with Gasteiger partial charge in [-0.1, -0.05) is 35.9 Å². The van der Waals surface area contributed by atoms with Gasteiger partial charge in [0.15, 0.2) is 0 Å². The predicted molar refractivity (Wildman–Crippen MR) is 61.7 cm³/mol. The summed E-state index contributed by atoms with van der Waals surface area (Å²) in [4.78, 5) is 21.6. The molecule has 0 spiro atoms. The van der Waals surface area contributed by atoms with Gasteiger partial charge in [0.25, 0.3) is 0 Å². The molecular formula is C13H12O4. The van der Waals surface area contributed by atoms with E-state index in [4.69, 9.17) is 10.2 Å². The van der Waals surface area contributed by atoms with Crippen LogP contribution in [0.15, 0.2) is 29.8 Å². The molecule has 0 heterocycles. The standard InChI is InChI=1S/C13H12O4/c14-12(15)6-9-5-8-3-1-2-4-10(8)11(9)7-13(16)17/h1-5,11H,6-7H2,(H,14,15)(H,16,17). The van der Waals surface area contributed by atoms with Crippen LogP contribution in [0.3, 0.4) is 0 Å². The number of rotatable bonds is 4. The van der Waals surface area contributed by atoms with Gasteiger partial charge in [0, 0.05) is 5.92 Å². The first-order valence-electron chi connectivity index (χ1n) is 5.31. The van der Waals surface area contributed by atoms with Gasteiger partial charge >= 0.3 is 11.9 Å². The number of carbonyl (C=O) groups is 2. The number of hydrogen-bond acceptors (Lipinski definition) is 2. The molecule has 2 N–H and O–H groups in total.